The number of thioether (sulfide) groups is 1. The highest BCUT2D eigenvalue weighted by atomic mass is 32.2. The highest BCUT2D eigenvalue weighted by Gasteiger charge is 2.37. The second-order valence-electron chi connectivity index (χ2n) is 5.51. The van der Waals surface area contributed by atoms with Crippen molar-refractivity contribution in [3.8, 4) is 0 Å². The number of nitrogens with zero attached hydrogens (tertiary/aromatic N) is 1. The third-order valence-corrected chi connectivity index (χ3v) is 4.81. The van der Waals surface area contributed by atoms with E-state index in [-0.39, 0.29) is 30.3 Å². The Labute approximate surface area is 113 Å². The van der Waals surface area contributed by atoms with Crippen molar-refractivity contribution in [2.45, 2.75) is 32.7 Å². The number of rotatable bonds is 3. The summed E-state index contributed by atoms with van der Waals surface area (Å²) in [6.07, 6.45) is 2.34. The summed E-state index contributed by atoms with van der Waals surface area (Å²) in [5.74, 6) is 3.20. The fourth-order valence-corrected chi connectivity index (χ4v) is 3.95. The van der Waals surface area contributed by atoms with Crippen LogP contribution in [0.15, 0.2) is 0 Å². The molecule has 1 unspecified atom stereocenters. The van der Waals surface area contributed by atoms with Gasteiger partial charge in [0.25, 0.3) is 0 Å². The zero-order valence-corrected chi connectivity index (χ0v) is 12.0. The van der Waals surface area contributed by atoms with Crippen LogP contribution in [-0.2, 0) is 9.59 Å². The number of carbonyl (C=O) groups excluding carboxylic acids is 2. The van der Waals surface area contributed by atoms with Crippen LogP contribution in [0, 0.1) is 11.8 Å². The number of hydrogen-bond acceptors (Lipinski definition) is 3. The van der Waals surface area contributed by atoms with E-state index in [1.54, 1.807) is 0 Å². The molecular weight excluding hydrogens is 248 g/mol. The Morgan fingerprint density at radius 1 is 1.33 bits per heavy atom. The number of hydrogen-bond donors (Lipinski definition) is 1. The molecule has 1 N–H and O–H groups in total. The van der Waals surface area contributed by atoms with Gasteiger partial charge in [0.15, 0.2) is 0 Å². The molecule has 2 rings (SSSR count). The average Bonchev–Trinajstić information content (AvgIpc) is 2.35. The molecular formula is C13H22N2O2S. The largest absolute Gasteiger partial charge is 0.345 e. The van der Waals surface area contributed by atoms with Crippen molar-refractivity contribution in [3.05, 3.63) is 0 Å². The van der Waals surface area contributed by atoms with Crippen molar-refractivity contribution in [3.63, 3.8) is 0 Å². The highest BCUT2D eigenvalue weighted by Crippen LogP contribution is 2.26. The van der Waals surface area contributed by atoms with Crippen LogP contribution in [0.3, 0.4) is 0 Å². The van der Waals surface area contributed by atoms with Crippen LogP contribution in [0.25, 0.3) is 0 Å². The first-order chi connectivity index (χ1) is 8.59. The van der Waals surface area contributed by atoms with Crippen molar-refractivity contribution in [2.24, 2.45) is 11.8 Å². The summed E-state index contributed by atoms with van der Waals surface area (Å²) in [6, 6.07) is -0.277. The minimum Gasteiger partial charge on any atom is -0.345 e. The van der Waals surface area contributed by atoms with Gasteiger partial charge in [0.1, 0.15) is 6.04 Å². The van der Waals surface area contributed by atoms with Gasteiger partial charge >= 0.3 is 0 Å². The normalized spacial score (nSPS) is 26.6. The topological polar surface area (TPSA) is 49.4 Å². The van der Waals surface area contributed by atoms with Crippen LogP contribution >= 0.6 is 11.8 Å². The maximum Gasteiger partial charge on any atom is 0.243 e. The van der Waals surface area contributed by atoms with E-state index >= 15 is 0 Å². The number of amides is 2. The second-order valence-corrected chi connectivity index (χ2v) is 6.73. The predicted octanol–water partition coefficient (Wildman–Crippen LogP) is 1.11. The Morgan fingerprint density at radius 2 is 2.00 bits per heavy atom. The van der Waals surface area contributed by atoms with Crippen LogP contribution in [0.4, 0.5) is 0 Å². The summed E-state index contributed by atoms with van der Waals surface area (Å²) in [6.45, 7) is 4.94. The smallest absolute Gasteiger partial charge is 0.243 e. The van der Waals surface area contributed by atoms with Crippen LogP contribution in [-0.4, -0.2) is 47.4 Å². The van der Waals surface area contributed by atoms with Gasteiger partial charge in [-0.05, 0) is 36.2 Å². The first-order valence-electron chi connectivity index (χ1n) is 6.74. The summed E-state index contributed by atoms with van der Waals surface area (Å²) in [4.78, 5) is 25.8. The van der Waals surface area contributed by atoms with E-state index in [4.69, 9.17) is 0 Å². The van der Waals surface area contributed by atoms with Gasteiger partial charge in [-0.15, -0.1) is 0 Å². The molecule has 0 radical (unpaired) electrons. The van der Waals surface area contributed by atoms with Crippen LogP contribution in [0.1, 0.15) is 26.7 Å². The summed E-state index contributed by atoms with van der Waals surface area (Å²) >= 11 is 1.99. The van der Waals surface area contributed by atoms with Crippen molar-refractivity contribution in [1.82, 2.24) is 10.2 Å². The Morgan fingerprint density at radius 3 is 2.61 bits per heavy atom. The van der Waals surface area contributed by atoms with Crippen LogP contribution in [0.5, 0.6) is 0 Å². The molecule has 0 aromatic carbocycles. The lowest BCUT2D eigenvalue weighted by Crippen LogP contribution is -2.61. The number of nitrogens with one attached hydrogen (secondary N) is 1. The van der Waals surface area contributed by atoms with E-state index in [2.05, 4.69) is 5.32 Å². The van der Waals surface area contributed by atoms with Gasteiger partial charge in [0, 0.05) is 6.54 Å². The van der Waals surface area contributed by atoms with E-state index in [9.17, 15) is 9.59 Å². The maximum atomic E-state index is 12.0. The molecule has 0 aromatic rings. The molecule has 2 aliphatic heterocycles. The lowest BCUT2D eigenvalue weighted by atomic mass is 9.95. The average molecular weight is 270 g/mol. The van der Waals surface area contributed by atoms with Gasteiger partial charge < -0.3 is 10.2 Å². The molecule has 0 saturated carbocycles. The summed E-state index contributed by atoms with van der Waals surface area (Å²) < 4.78 is 0. The lowest BCUT2D eigenvalue weighted by Gasteiger charge is -2.39. The Kier molecular flexibility index (Phi) is 4.54. The van der Waals surface area contributed by atoms with E-state index < -0.39 is 0 Å². The van der Waals surface area contributed by atoms with Crippen molar-refractivity contribution >= 4 is 23.6 Å². The Hall–Kier alpha value is -0.710. The van der Waals surface area contributed by atoms with Gasteiger partial charge in [-0.2, -0.15) is 11.8 Å². The second kappa shape index (κ2) is 5.95. The number of carbonyl (C=O) groups is 2. The summed E-state index contributed by atoms with van der Waals surface area (Å²) in [5.41, 5.74) is 0. The molecule has 18 heavy (non-hydrogen) atoms. The van der Waals surface area contributed by atoms with Crippen LogP contribution < -0.4 is 5.32 Å². The third-order valence-electron chi connectivity index (χ3n) is 3.77. The van der Waals surface area contributed by atoms with E-state index in [1.807, 2.05) is 30.5 Å². The van der Waals surface area contributed by atoms with Gasteiger partial charge in [-0.3, -0.25) is 9.59 Å². The first-order valence-corrected chi connectivity index (χ1v) is 7.90. The molecule has 102 valence electrons. The molecule has 4 nitrogen and oxygen atoms in total. The molecule has 0 aliphatic carbocycles. The lowest BCUT2D eigenvalue weighted by molar-refractivity contribution is -0.148. The molecule has 2 amide bonds. The molecule has 0 spiro atoms. The standard InChI is InChI=1S/C13H22N2O2S/c1-9(2)12-13(17)14-7-11(16)15(12)8-10-3-5-18-6-4-10/h9-10,12H,3-8H2,1-2H3,(H,14,17). The van der Waals surface area contributed by atoms with E-state index in [0.29, 0.717) is 5.92 Å². The van der Waals surface area contributed by atoms with Crippen molar-refractivity contribution in [1.29, 1.82) is 0 Å². The zero-order chi connectivity index (χ0) is 13.1. The Bertz CT molecular complexity index is 327. The quantitative estimate of drug-likeness (QED) is 0.836. The minimum absolute atomic E-state index is 0.00906. The molecule has 0 bridgehead atoms. The van der Waals surface area contributed by atoms with Gasteiger partial charge in [0.2, 0.25) is 11.8 Å². The molecule has 5 heteroatoms. The van der Waals surface area contributed by atoms with Gasteiger partial charge in [-0.25, -0.2) is 0 Å². The summed E-state index contributed by atoms with van der Waals surface area (Å²) in [7, 11) is 0. The van der Waals surface area contributed by atoms with Crippen molar-refractivity contribution in [2.75, 3.05) is 24.6 Å². The van der Waals surface area contributed by atoms with Crippen LogP contribution in [0.2, 0.25) is 0 Å². The SMILES string of the molecule is CC(C)C1C(=O)NCC(=O)N1CC1CCSCC1. The first kappa shape index (κ1) is 13.7. The highest BCUT2D eigenvalue weighted by molar-refractivity contribution is 7.99. The maximum absolute atomic E-state index is 12.0. The monoisotopic (exact) mass is 270 g/mol. The Balaban J connectivity index is 2.05. The fraction of sp³-hybridized carbons (Fsp3) is 0.846. The van der Waals surface area contributed by atoms with Gasteiger partial charge in [0.05, 0.1) is 6.54 Å². The van der Waals surface area contributed by atoms with E-state index in [0.717, 1.165) is 6.54 Å². The molecule has 2 saturated heterocycles. The fourth-order valence-electron chi connectivity index (χ4n) is 2.75. The molecule has 0 aromatic heterocycles. The molecule has 1 atom stereocenters. The molecule has 2 heterocycles. The van der Waals surface area contributed by atoms with E-state index in [1.165, 1.54) is 24.3 Å². The minimum atomic E-state index is -0.277. The summed E-state index contributed by atoms with van der Waals surface area (Å²) in [5, 5.41) is 2.70. The molecule has 2 fully saturated rings. The van der Waals surface area contributed by atoms with Gasteiger partial charge in [-0.1, -0.05) is 13.8 Å². The van der Waals surface area contributed by atoms with Crippen molar-refractivity contribution < 1.29 is 9.59 Å². The molecule has 2 aliphatic rings. The third kappa shape index (κ3) is 2.99. The zero-order valence-electron chi connectivity index (χ0n) is 11.1. The number of piperazine rings is 1. The predicted molar refractivity (Wildman–Crippen MR) is 73.4 cm³/mol.